The third kappa shape index (κ3) is 5.48. The third-order valence-electron chi connectivity index (χ3n) is 6.04. The van der Waals surface area contributed by atoms with E-state index in [0.29, 0.717) is 26.1 Å². The van der Waals surface area contributed by atoms with E-state index in [-0.39, 0.29) is 30.1 Å². The second kappa shape index (κ2) is 10.0. The molecule has 1 saturated heterocycles. The monoisotopic (exact) mass is 430 g/mol. The van der Waals surface area contributed by atoms with Crippen LogP contribution in [-0.2, 0) is 4.79 Å². The quantitative estimate of drug-likeness (QED) is 0.585. The van der Waals surface area contributed by atoms with Gasteiger partial charge in [-0.1, -0.05) is 24.3 Å². The SMILES string of the molecule is Cc1ccccc1C(C)N(C)c1ncnc(NC[C@H]2CCN(CC(N)=O)C[C@@H]2O)c1F. The number of aliphatic hydroxyl groups is 1. The standard InChI is InChI=1S/C22H31FN6O2/c1-14-6-4-5-7-17(14)15(2)28(3)22-20(23)21(26-13-27-22)25-10-16-8-9-29(11-18(16)30)12-19(24)31/h4-7,13,15-16,18,30H,8-12H2,1-3H3,(H2,24,31)(H,25,26,27)/t15?,16-,18+/m1/s1. The number of amides is 1. The Kier molecular flexibility index (Phi) is 7.40. The Morgan fingerprint density at radius 2 is 2.16 bits per heavy atom. The number of β-amino-alcohol motifs (C(OH)–C–C–N with tert-alkyl or cyclic N) is 1. The highest BCUT2D eigenvalue weighted by Crippen LogP contribution is 2.29. The molecule has 0 spiro atoms. The zero-order valence-corrected chi connectivity index (χ0v) is 18.3. The number of nitrogens with one attached hydrogen (secondary N) is 1. The van der Waals surface area contributed by atoms with E-state index in [1.165, 1.54) is 6.33 Å². The van der Waals surface area contributed by atoms with Crippen LogP contribution in [0.3, 0.4) is 0 Å². The number of carbonyl (C=O) groups excluding carboxylic acids is 1. The first-order valence-corrected chi connectivity index (χ1v) is 10.5. The third-order valence-corrected chi connectivity index (χ3v) is 6.04. The van der Waals surface area contributed by atoms with Gasteiger partial charge in [-0.3, -0.25) is 9.69 Å². The molecule has 1 amide bonds. The van der Waals surface area contributed by atoms with Crippen molar-refractivity contribution in [2.75, 3.05) is 43.4 Å². The summed E-state index contributed by atoms with van der Waals surface area (Å²) in [4.78, 5) is 22.9. The second-order valence-corrected chi connectivity index (χ2v) is 8.20. The molecule has 3 rings (SSSR count). The molecule has 0 aliphatic carbocycles. The highest BCUT2D eigenvalue weighted by molar-refractivity contribution is 5.75. The van der Waals surface area contributed by atoms with Gasteiger partial charge in [0.05, 0.1) is 18.7 Å². The summed E-state index contributed by atoms with van der Waals surface area (Å²) in [5.41, 5.74) is 7.46. The number of nitrogens with zero attached hydrogens (tertiary/aromatic N) is 4. The van der Waals surface area contributed by atoms with Crippen LogP contribution in [-0.4, -0.2) is 65.2 Å². The Labute approximate surface area is 182 Å². The molecule has 31 heavy (non-hydrogen) atoms. The maximum absolute atomic E-state index is 15.2. The smallest absolute Gasteiger partial charge is 0.231 e. The van der Waals surface area contributed by atoms with Gasteiger partial charge < -0.3 is 21.1 Å². The van der Waals surface area contributed by atoms with E-state index >= 15 is 4.39 Å². The van der Waals surface area contributed by atoms with Gasteiger partial charge in [0, 0.05) is 26.1 Å². The van der Waals surface area contributed by atoms with Crippen LogP contribution >= 0.6 is 0 Å². The molecule has 1 aliphatic heterocycles. The predicted molar refractivity (Wildman–Crippen MR) is 118 cm³/mol. The summed E-state index contributed by atoms with van der Waals surface area (Å²) in [7, 11) is 1.81. The van der Waals surface area contributed by atoms with Crippen LogP contribution in [0.15, 0.2) is 30.6 Å². The second-order valence-electron chi connectivity index (χ2n) is 8.20. The molecule has 1 unspecified atom stereocenters. The van der Waals surface area contributed by atoms with Crippen molar-refractivity contribution < 1.29 is 14.3 Å². The van der Waals surface area contributed by atoms with Gasteiger partial charge in [-0.25, -0.2) is 9.97 Å². The predicted octanol–water partition coefficient (Wildman–Crippen LogP) is 1.70. The molecular formula is C22H31FN6O2. The maximum Gasteiger partial charge on any atom is 0.231 e. The summed E-state index contributed by atoms with van der Waals surface area (Å²) in [6.07, 6.45) is 1.38. The van der Waals surface area contributed by atoms with Crippen molar-refractivity contribution in [1.82, 2.24) is 14.9 Å². The summed E-state index contributed by atoms with van der Waals surface area (Å²) in [5, 5.41) is 13.4. The number of aliphatic hydroxyl groups excluding tert-OH is 1. The summed E-state index contributed by atoms with van der Waals surface area (Å²) in [5.74, 6) is -0.689. The van der Waals surface area contributed by atoms with Crippen molar-refractivity contribution in [1.29, 1.82) is 0 Å². The molecule has 0 saturated carbocycles. The first-order chi connectivity index (χ1) is 14.8. The van der Waals surface area contributed by atoms with Crippen LogP contribution in [0.25, 0.3) is 0 Å². The molecule has 1 aromatic carbocycles. The van der Waals surface area contributed by atoms with Gasteiger partial charge in [0.1, 0.15) is 6.33 Å². The molecule has 0 radical (unpaired) electrons. The Hall–Kier alpha value is -2.78. The minimum absolute atomic E-state index is 0.0742. The number of primary amides is 1. The van der Waals surface area contributed by atoms with Crippen LogP contribution in [0.1, 0.15) is 30.5 Å². The minimum atomic E-state index is -0.631. The van der Waals surface area contributed by atoms with E-state index in [4.69, 9.17) is 5.73 Å². The molecule has 8 nitrogen and oxygen atoms in total. The van der Waals surface area contributed by atoms with Crippen molar-refractivity contribution in [3.8, 4) is 0 Å². The fraction of sp³-hybridized carbons (Fsp3) is 0.500. The van der Waals surface area contributed by atoms with E-state index in [1.807, 2.05) is 50.1 Å². The van der Waals surface area contributed by atoms with Crippen molar-refractivity contribution in [2.45, 2.75) is 32.4 Å². The number of hydrogen-bond donors (Lipinski definition) is 3. The van der Waals surface area contributed by atoms with Crippen LogP contribution < -0.4 is 16.0 Å². The number of aromatic nitrogens is 2. The van der Waals surface area contributed by atoms with Crippen molar-refractivity contribution in [3.63, 3.8) is 0 Å². The van der Waals surface area contributed by atoms with Gasteiger partial charge in [-0.05, 0) is 37.9 Å². The van der Waals surface area contributed by atoms with E-state index in [2.05, 4.69) is 15.3 Å². The molecular weight excluding hydrogens is 399 g/mol. The lowest BCUT2D eigenvalue weighted by molar-refractivity contribution is -0.120. The Morgan fingerprint density at radius 3 is 2.84 bits per heavy atom. The van der Waals surface area contributed by atoms with E-state index < -0.39 is 17.8 Å². The molecule has 9 heteroatoms. The largest absolute Gasteiger partial charge is 0.391 e. The number of benzene rings is 1. The molecule has 1 aromatic heterocycles. The van der Waals surface area contributed by atoms with Gasteiger partial charge in [-0.15, -0.1) is 0 Å². The first-order valence-electron chi connectivity index (χ1n) is 10.5. The van der Waals surface area contributed by atoms with E-state index in [9.17, 15) is 9.90 Å². The topological polar surface area (TPSA) is 108 Å². The zero-order chi connectivity index (χ0) is 22.5. The Morgan fingerprint density at radius 1 is 1.42 bits per heavy atom. The molecule has 3 atom stereocenters. The number of anilines is 2. The van der Waals surface area contributed by atoms with Gasteiger partial charge >= 0.3 is 0 Å². The van der Waals surface area contributed by atoms with Gasteiger partial charge in [0.25, 0.3) is 0 Å². The van der Waals surface area contributed by atoms with Crippen molar-refractivity contribution in [3.05, 3.63) is 47.5 Å². The number of piperidine rings is 1. The number of halogens is 1. The Bertz CT molecular complexity index is 911. The van der Waals surface area contributed by atoms with Crippen LogP contribution in [0.4, 0.5) is 16.0 Å². The van der Waals surface area contributed by atoms with E-state index in [0.717, 1.165) is 11.1 Å². The lowest BCUT2D eigenvalue weighted by Crippen LogP contribution is -2.48. The first kappa shape index (κ1) is 22.9. The molecule has 168 valence electrons. The average molecular weight is 431 g/mol. The fourth-order valence-electron chi connectivity index (χ4n) is 4.05. The molecule has 1 aliphatic rings. The number of carbonyl (C=O) groups is 1. The zero-order valence-electron chi connectivity index (χ0n) is 18.3. The fourth-order valence-corrected chi connectivity index (χ4v) is 4.05. The molecule has 2 aromatic rings. The number of aryl methyl sites for hydroxylation is 1. The normalized spacial score (nSPS) is 20.3. The van der Waals surface area contributed by atoms with Crippen LogP contribution in [0.5, 0.6) is 0 Å². The van der Waals surface area contributed by atoms with Gasteiger partial charge in [-0.2, -0.15) is 4.39 Å². The Balaban J connectivity index is 1.66. The van der Waals surface area contributed by atoms with Crippen LogP contribution in [0.2, 0.25) is 0 Å². The number of rotatable bonds is 8. The maximum atomic E-state index is 15.2. The molecule has 1 fully saturated rings. The summed E-state index contributed by atoms with van der Waals surface area (Å²) in [6, 6.07) is 7.93. The summed E-state index contributed by atoms with van der Waals surface area (Å²) in [6.45, 7) is 5.56. The lowest BCUT2D eigenvalue weighted by atomic mass is 9.93. The highest BCUT2D eigenvalue weighted by atomic mass is 19.1. The molecule has 0 bridgehead atoms. The molecule has 4 N–H and O–H groups in total. The van der Waals surface area contributed by atoms with Crippen molar-refractivity contribution in [2.24, 2.45) is 11.7 Å². The molecule has 2 heterocycles. The number of hydrogen-bond acceptors (Lipinski definition) is 7. The lowest BCUT2D eigenvalue weighted by Gasteiger charge is -2.35. The average Bonchev–Trinajstić information content (AvgIpc) is 2.73. The minimum Gasteiger partial charge on any atom is -0.391 e. The van der Waals surface area contributed by atoms with Crippen molar-refractivity contribution >= 4 is 17.5 Å². The van der Waals surface area contributed by atoms with E-state index in [1.54, 1.807) is 4.90 Å². The number of likely N-dealkylation sites (tertiary alicyclic amines) is 1. The summed E-state index contributed by atoms with van der Waals surface area (Å²) < 4.78 is 15.2. The highest BCUT2D eigenvalue weighted by Gasteiger charge is 2.29. The number of nitrogens with two attached hydrogens (primary N) is 1. The van der Waals surface area contributed by atoms with Gasteiger partial charge in [0.2, 0.25) is 11.7 Å². The van der Waals surface area contributed by atoms with Gasteiger partial charge in [0.15, 0.2) is 11.6 Å². The summed E-state index contributed by atoms with van der Waals surface area (Å²) >= 11 is 0. The van der Waals surface area contributed by atoms with Crippen LogP contribution in [0, 0.1) is 18.7 Å².